The first-order valence-electron chi connectivity index (χ1n) is 7.28. The molecule has 5 nitrogen and oxygen atoms in total. The number of rotatable bonds is 8. The fourth-order valence-electron chi connectivity index (χ4n) is 2.17. The number of aryl methyl sites for hydroxylation is 1. The van der Waals surface area contributed by atoms with Crippen LogP contribution in [0.1, 0.15) is 32.3 Å². The van der Waals surface area contributed by atoms with Gasteiger partial charge in [0.1, 0.15) is 0 Å². The highest BCUT2D eigenvalue weighted by Gasteiger charge is 2.26. The quantitative estimate of drug-likeness (QED) is 0.736. The average Bonchev–Trinajstić information content (AvgIpc) is 2.99. The van der Waals surface area contributed by atoms with E-state index in [-0.39, 0.29) is 5.19 Å². The van der Waals surface area contributed by atoms with Crippen LogP contribution in [0.2, 0.25) is 0 Å². The lowest BCUT2D eigenvalue weighted by molar-refractivity contribution is 0.480. The van der Waals surface area contributed by atoms with Gasteiger partial charge in [0.15, 0.2) is 0 Å². The van der Waals surface area contributed by atoms with E-state index in [1.54, 1.807) is 12.3 Å². The highest BCUT2D eigenvalue weighted by Crippen LogP contribution is 2.27. The van der Waals surface area contributed by atoms with Gasteiger partial charge in [0.25, 0.3) is 5.19 Å². The van der Waals surface area contributed by atoms with Crippen molar-refractivity contribution in [2.75, 3.05) is 10.8 Å². The molecule has 0 bridgehead atoms. The molecule has 0 saturated carbocycles. The zero-order chi connectivity index (χ0) is 16.0. The SMILES string of the molecule is CCCCc1ccccc1N(CC)S(=O)(=O)Oc1nccs1. The summed E-state index contributed by atoms with van der Waals surface area (Å²) in [6.07, 6.45) is 4.43. The third kappa shape index (κ3) is 3.98. The van der Waals surface area contributed by atoms with Gasteiger partial charge in [-0.1, -0.05) is 42.9 Å². The minimum atomic E-state index is -3.91. The Bertz CT molecular complexity index is 685. The van der Waals surface area contributed by atoms with Gasteiger partial charge in [0, 0.05) is 18.1 Å². The van der Waals surface area contributed by atoms with Crippen LogP contribution in [-0.4, -0.2) is 19.9 Å². The maximum atomic E-state index is 12.5. The summed E-state index contributed by atoms with van der Waals surface area (Å²) in [6, 6.07) is 7.55. The van der Waals surface area contributed by atoms with Crippen molar-refractivity contribution in [1.29, 1.82) is 0 Å². The molecule has 1 aromatic carbocycles. The van der Waals surface area contributed by atoms with E-state index in [1.807, 2.05) is 24.3 Å². The van der Waals surface area contributed by atoms with Crippen LogP contribution in [0.4, 0.5) is 5.69 Å². The summed E-state index contributed by atoms with van der Waals surface area (Å²) < 4.78 is 31.5. The summed E-state index contributed by atoms with van der Waals surface area (Å²) in [5.41, 5.74) is 1.69. The zero-order valence-electron chi connectivity index (χ0n) is 12.7. The van der Waals surface area contributed by atoms with Gasteiger partial charge in [-0.3, -0.25) is 0 Å². The lowest BCUT2D eigenvalue weighted by Crippen LogP contribution is -2.35. The predicted molar refractivity (Wildman–Crippen MR) is 89.7 cm³/mol. The zero-order valence-corrected chi connectivity index (χ0v) is 14.4. The fourth-order valence-corrected chi connectivity index (χ4v) is 3.99. The fraction of sp³-hybridized carbons (Fsp3) is 0.400. The number of hydrogen-bond acceptors (Lipinski definition) is 5. The van der Waals surface area contributed by atoms with Crippen molar-refractivity contribution in [2.24, 2.45) is 0 Å². The largest absolute Gasteiger partial charge is 0.412 e. The Hall–Kier alpha value is -1.60. The summed E-state index contributed by atoms with van der Waals surface area (Å²) in [6.45, 7) is 4.21. The molecule has 1 aromatic heterocycles. The smallest absolute Gasteiger partial charge is 0.336 e. The van der Waals surface area contributed by atoms with E-state index in [9.17, 15) is 8.42 Å². The van der Waals surface area contributed by atoms with Crippen LogP contribution < -0.4 is 8.49 Å². The van der Waals surface area contributed by atoms with Gasteiger partial charge in [-0.2, -0.15) is 8.42 Å². The number of unbranched alkanes of at least 4 members (excludes halogenated alkanes) is 1. The maximum absolute atomic E-state index is 12.5. The Morgan fingerprint density at radius 3 is 2.68 bits per heavy atom. The van der Waals surface area contributed by atoms with Crippen LogP contribution in [0, 0.1) is 0 Å². The molecule has 0 aliphatic rings. The topological polar surface area (TPSA) is 59.5 Å². The molecule has 0 spiro atoms. The molecule has 2 rings (SSSR count). The van der Waals surface area contributed by atoms with E-state index in [1.165, 1.54) is 10.5 Å². The highest BCUT2D eigenvalue weighted by molar-refractivity contribution is 7.88. The second-order valence-electron chi connectivity index (χ2n) is 4.74. The monoisotopic (exact) mass is 340 g/mol. The van der Waals surface area contributed by atoms with Gasteiger partial charge in [0.2, 0.25) is 0 Å². The van der Waals surface area contributed by atoms with Crippen molar-refractivity contribution in [2.45, 2.75) is 33.1 Å². The predicted octanol–water partition coefficient (Wildman–Crippen LogP) is 3.64. The molecule has 0 aliphatic carbocycles. The van der Waals surface area contributed by atoms with Gasteiger partial charge in [-0.25, -0.2) is 9.29 Å². The Morgan fingerprint density at radius 1 is 1.27 bits per heavy atom. The number of benzene rings is 1. The van der Waals surface area contributed by atoms with Crippen molar-refractivity contribution in [3.05, 3.63) is 41.4 Å². The molecule has 0 aliphatic heterocycles. The number of aromatic nitrogens is 1. The van der Waals surface area contributed by atoms with Crippen LogP contribution in [0.5, 0.6) is 5.19 Å². The summed E-state index contributed by atoms with van der Waals surface area (Å²) in [5.74, 6) is 0. The molecular weight excluding hydrogens is 320 g/mol. The lowest BCUT2D eigenvalue weighted by atomic mass is 10.1. The molecule has 0 atom stereocenters. The summed E-state index contributed by atoms with van der Waals surface area (Å²) in [4.78, 5) is 3.87. The van der Waals surface area contributed by atoms with Crippen molar-refractivity contribution in [3.8, 4) is 5.19 Å². The van der Waals surface area contributed by atoms with Crippen molar-refractivity contribution >= 4 is 27.3 Å². The molecule has 1 heterocycles. The molecule has 0 fully saturated rings. The lowest BCUT2D eigenvalue weighted by Gasteiger charge is -2.23. The first-order valence-corrected chi connectivity index (χ1v) is 9.52. The molecule has 0 amide bonds. The van der Waals surface area contributed by atoms with Crippen LogP contribution in [0.3, 0.4) is 0 Å². The second kappa shape index (κ2) is 7.60. The first kappa shape index (κ1) is 16.8. The van der Waals surface area contributed by atoms with E-state index in [0.29, 0.717) is 12.2 Å². The number of anilines is 1. The number of para-hydroxylation sites is 1. The molecule has 120 valence electrons. The van der Waals surface area contributed by atoms with Gasteiger partial charge in [-0.05, 0) is 31.4 Å². The van der Waals surface area contributed by atoms with Crippen LogP contribution in [0.25, 0.3) is 0 Å². The van der Waals surface area contributed by atoms with Crippen LogP contribution in [0.15, 0.2) is 35.8 Å². The molecule has 22 heavy (non-hydrogen) atoms. The van der Waals surface area contributed by atoms with E-state index >= 15 is 0 Å². The maximum Gasteiger partial charge on any atom is 0.412 e. The third-order valence-electron chi connectivity index (χ3n) is 3.20. The number of thiazole rings is 1. The number of nitrogens with zero attached hydrogens (tertiary/aromatic N) is 2. The van der Waals surface area contributed by atoms with Gasteiger partial charge in [-0.15, -0.1) is 0 Å². The highest BCUT2D eigenvalue weighted by atomic mass is 32.2. The average molecular weight is 340 g/mol. The molecule has 0 radical (unpaired) electrons. The van der Waals surface area contributed by atoms with Gasteiger partial charge in [0.05, 0.1) is 5.69 Å². The molecule has 2 aromatic rings. The van der Waals surface area contributed by atoms with Gasteiger partial charge >= 0.3 is 10.3 Å². The molecule has 0 unspecified atom stereocenters. The van der Waals surface area contributed by atoms with E-state index < -0.39 is 10.3 Å². The normalized spacial score (nSPS) is 11.4. The first-order chi connectivity index (χ1) is 10.6. The van der Waals surface area contributed by atoms with Crippen molar-refractivity contribution in [1.82, 2.24) is 4.98 Å². The molecule has 0 saturated heterocycles. The van der Waals surface area contributed by atoms with E-state index in [4.69, 9.17) is 4.18 Å². The molecule has 0 N–H and O–H groups in total. The minimum Gasteiger partial charge on any atom is -0.336 e. The standard InChI is InChI=1S/C15H20N2O3S2/c1-3-5-8-13-9-6-7-10-14(13)17(4-2)22(18,19)20-15-16-11-12-21-15/h6-7,9-12H,3-5,8H2,1-2H3. The number of hydrogen-bond donors (Lipinski definition) is 0. The summed E-state index contributed by atoms with van der Waals surface area (Å²) >= 11 is 1.15. The summed E-state index contributed by atoms with van der Waals surface area (Å²) in [7, 11) is -3.91. The van der Waals surface area contributed by atoms with E-state index in [0.717, 1.165) is 36.2 Å². The Kier molecular flexibility index (Phi) is 5.79. The molecular formula is C15H20N2O3S2. The Balaban J connectivity index is 2.31. The third-order valence-corrected chi connectivity index (χ3v) is 5.32. The van der Waals surface area contributed by atoms with E-state index in [2.05, 4.69) is 11.9 Å². The minimum absolute atomic E-state index is 0.129. The Morgan fingerprint density at radius 2 is 2.05 bits per heavy atom. The summed E-state index contributed by atoms with van der Waals surface area (Å²) in [5, 5.41) is 1.81. The van der Waals surface area contributed by atoms with Crippen molar-refractivity contribution < 1.29 is 12.6 Å². The van der Waals surface area contributed by atoms with Crippen LogP contribution >= 0.6 is 11.3 Å². The Labute approximate surface area is 135 Å². The van der Waals surface area contributed by atoms with Crippen LogP contribution in [-0.2, 0) is 16.7 Å². The van der Waals surface area contributed by atoms with Gasteiger partial charge < -0.3 is 4.18 Å². The second-order valence-corrected chi connectivity index (χ2v) is 7.06. The van der Waals surface area contributed by atoms with Crippen molar-refractivity contribution in [3.63, 3.8) is 0 Å². The molecule has 7 heteroatoms.